The number of carbonyl (C=O) groups excluding carboxylic acids is 1. The smallest absolute Gasteiger partial charge is 0.257 e. The molecule has 0 radical (unpaired) electrons. The van der Waals surface area contributed by atoms with Crippen molar-refractivity contribution in [3.8, 4) is 0 Å². The fourth-order valence-corrected chi connectivity index (χ4v) is 2.79. The van der Waals surface area contributed by atoms with Gasteiger partial charge in [0.15, 0.2) is 0 Å². The van der Waals surface area contributed by atoms with Crippen LogP contribution >= 0.6 is 0 Å². The molecule has 2 aromatic rings. The van der Waals surface area contributed by atoms with Gasteiger partial charge >= 0.3 is 0 Å². The summed E-state index contributed by atoms with van der Waals surface area (Å²) in [6.45, 7) is 8.61. The van der Waals surface area contributed by atoms with Crippen LogP contribution in [-0.4, -0.2) is 54.2 Å². The van der Waals surface area contributed by atoms with Crippen LogP contribution in [0.15, 0.2) is 12.4 Å². The molecular weight excluding hydrogens is 296 g/mol. The zero-order valence-corrected chi connectivity index (χ0v) is 13.9. The molecule has 1 amide bonds. The molecule has 3 rings (SSSR count). The second-order valence-electron chi connectivity index (χ2n) is 7.11. The average Bonchev–Trinajstić information content (AvgIpc) is 3.16. The molecule has 0 spiro atoms. The Balaban J connectivity index is 1.81. The van der Waals surface area contributed by atoms with Crippen LogP contribution in [0.25, 0.3) is 0 Å². The minimum atomic E-state index is -1.14. The molecule has 1 saturated heterocycles. The summed E-state index contributed by atoms with van der Waals surface area (Å²) in [6.07, 6.45) is 3.72. The van der Waals surface area contributed by atoms with Crippen molar-refractivity contribution >= 4 is 5.91 Å². The van der Waals surface area contributed by atoms with E-state index in [4.69, 9.17) is 0 Å². The van der Waals surface area contributed by atoms with Gasteiger partial charge in [0.05, 0.1) is 29.5 Å². The third kappa shape index (κ3) is 2.74. The summed E-state index contributed by atoms with van der Waals surface area (Å²) in [5.41, 5.74) is 0.410. The number of nitrogens with zero attached hydrogens (tertiary/aromatic N) is 5. The Morgan fingerprint density at radius 1 is 1.43 bits per heavy atom. The molecule has 0 saturated carbocycles. The highest BCUT2D eigenvalue weighted by Crippen LogP contribution is 2.31. The number of amides is 1. The van der Waals surface area contributed by atoms with Crippen LogP contribution in [-0.2, 0) is 11.1 Å². The molecule has 8 heteroatoms. The lowest BCUT2D eigenvalue weighted by Gasteiger charge is -2.21. The first-order valence-electron chi connectivity index (χ1n) is 7.65. The van der Waals surface area contributed by atoms with Crippen LogP contribution in [0.3, 0.4) is 0 Å². The van der Waals surface area contributed by atoms with Gasteiger partial charge in [-0.1, -0.05) is 0 Å². The maximum absolute atomic E-state index is 12.8. The number of β-amino-alcohol motifs (C(OH)–C–C–N with tert-alkyl or cyclic N) is 1. The molecule has 3 heterocycles. The SMILES string of the molecule is Cc1nn(C(C)(C)C)cc1C(=O)N1CC[C@@](O)(c2cn[nH]n2)C1. The minimum absolute atomic E-state index is 0.114. The van der Waals surface area contributed by atoms with E-state index in [1.165, 1.54) is 6.20 Å². The summed E-state index contributed by atoms with van der Waals surface area (Å²) < 4.78 is 1.80. The van der Waals surface area contributed by atoms with Crippen LogP contribution in [0.4, 0.5) is 0 Å². The van der Waals surface area contributed by atoms with Crippen molar-refractivity contribution in [3.63, 3.8) is 0 Å². The van der Waals surface area contributed by atoms with Crippen LogP contribution in [0.2, 0.25) is 0 Å². The molecule has 1 aliphatic rings. The van der Waals surface area contributed by atoms with E-state index in [0.29, 0.717) is 29.9 Å². The summed E-state index contributed by atoms with van der Waals surface area (Å²) in [6, 6.07) is 0. The Kier molecular flexibility index (Phi) is 3.51. The quantitative estimate of drug-likeness (QED) is 0.853. The first-order valence-corrected chi connectivity index (χ1v) is 7.65. The molecule has 0 bridgehead atoms. The van der Waals surface area contributed by atoms with Gasteiger partial charge in [0.1, 0.15) is 11.3 Å². The highest BCUT2D eigenvalue weighted by molar-refractivity contribution is 5.95. The predicted octanol–water partition coefficient (Wildman–Crippen LogP) is 0.798. The highest BCUT2D eigenvalue weighted by atomic mass is 16.3. The molecule has 0 unspecified atom stereocenters. The topological polar surface area (TPSA) is 99.9 Å². The number of rotatable bonds is 2. The number of aryl methyl sites for hydroxylation is 1. The van der Waals surface area contributed by atoms with Crippen LogP contribution in [0, 0.1) is 6.92 Å². The third-order valence-corrected chi connectivity index (χ3v) is 4.24. The summed E-state index contributed by atoms with van der Waals surface area (Å²) in [7, 11) is 0. The fourth-order valence-electron chi connectivity index (χ4n) is 2.79. The first-order chi connectivity index (χ1) is 10.7. The summed E-state index contributed by atoms with van der Waals surface area (Å²) >= 11 is 0. The second-order valence-corrected chi connectivity index (χ2v) is 7.11. The van der Waals surface area contributed by atoms with Gasteiger partial charge in [-0.15, -0.1) is 0 Å². The second kappa shape index (κ2) is 5.16. The molecule has 1 atom stereocenters. The zero-order valence-electron chi connectivity index (χ0n) is 13.9. The predicted molar refractivity (Wildman–Crippen MR) is 82.8 cm³/mol. The molecule has 124 valence electrons. The molecule has 0 aromatic carbocycles. The molecule has 2 aromatic heterocycles. The Morgan fingerprint density at radius 2 is 2.17 bits per heavy atom. The van der Waals surface area contributed by atoms with E-state index in [9.17, 15) is 9.90 Å². The lowest BCUT2D eigenvalue weighted by Crippen LogP contribution is -2.34. The minimum Gasteiger partial charge on any atom is -0.381 e. The summed E-state index contributed by atoms with van der Waals surface area (Å²) in [5, 5.41) is 25.3. The number of nitrogens with one attached hydrogen (secondary N) is 1. The largest absolute Gasteiger partial charge is 0.381 e. The van der Waals surface area contributed by atoms with Crippen molar-refractivity contribution in [1.82, 2.24) is 30.1 Å². The Bertz CT molecular complexity index is 715. The van der Waals surface area contributed by atoms with E-state index in [1.807, 2.05) is 27.7 Å². The zero-order chi connectivity index (χ0) is 16.8. The van der Waals surface area contributed by atoms with Crippen molar-refractivity contribution < 1.29 is 9.90 Å². The van der Waals surface area contributed by atoms with Gasteiger partial charge in [0, 0.05) is 19.2 Å². The molecular formula is C15H22N6O2. The van der Waals surface area contributed by atoms with Crippen LogP contribution in [0.5, 0.6) is 0 Å². The number of hydrogen-bond donors (Lipinski definition) is 2. The van der Waals surface area contributed by atoms with Crippen LogP contribution < -0.4 is 0 Å². The van der Waals surface area contributed by atoms with Crippen molar-refractivity contribution in [1.29, 1.82) is 0 Å². The lowest BCUT2D eigenvalue weighted by molar-refractivity contribution is 0.0382. The molecule has 1 fully saturated rings. The van der Waals surface area contributed by atoms with Gasteiger partial charge in [0.25, 0.3) is 5.91 Å². The highest BCUT2D eigenvalue weighted by Gasteiger charge is 2.42. The number of hydrogen-bond acceptors (Lipinski definition) is 5. The third-order valence-electron chi connectivity index (χ3n) is 4.24. The van der Waals surface area contributed by atoms with E-state index < -0.39 is 5.60 Å². The summed E-state index contributed by atoms with van der Waals surface area (Å²) in [4.78, 5) is 14.4. The van der Waals surface area contributed by atoms with Crippen molar-refractivity contribution in [2.45, 2.75) is 45.3 Å². The maximum atomic E-state index is 12.8. The van der Waals surface area contributed by atoms with Gasteiger partial charge in [-0.05, 0) is 27.7 Å². The first kappa shape index (κ1) is 15.7. The van der Waals surface area contributed by atoms with Crippen molar-refractivity contribution in [2.24, 2.45) is 0 Å². The molecule has 2 N–H and O–H groups in total. The Labute approximate surface area is 134 Å². The normalized spacial score (nSPS) is 21.9. The van der Waals surface area contributed by atoms with E-state index in [-0.39, 0.29) is 18.0 Å². The fraction of sp³-hybridized carbons (Fsp3) is 0.600. The molecule has 23 heavy (non-hydrogen) atoms. The van der Waals surface area contributed by atoms with Gasteiger partial charge in [0.2, 0.25) is 0 Å². The molecule has 1 aliphatic heterocycles. The standard InChI is InChI=1S/C15H22N6O2/c1-10-11(8-21(18-10)14(2,3)4)13(22)20-6-5-15(23,9-20)12-7-16-19-17-12/h7-8,23H,5-6,9H2,1-4H3,(H,16,17,19)/t15-/m0/s1. The van der Waals surface area contributed by atoms with E-state index >= 15 is 0 Å². The number of aromatic amines is 1. The van der Waals surface area contributed by atoms with Crippen molar-refractivity contribution in [2.75, 3.05) is 13.1 Å². The van der Waals surface area contributed by atoms with Gasteiger partial charge in [-0.25, -0.2) is 0 Å². The Morgan fingerprint density at radius 3 is 2.74 bits per heavy atom. The Hall–Kier alpha value is -2.22. The maximum Gasteiger partial charge on any atom is 0.257 e. The van der Waals surface area contributed by atoms with Crippen molar-refractivity contribution in [3.05, 3.63) is 29.3 Å². The number of likely N-dealkylation sites (tertiary alicyclic amines) is 1. The average molecular weight is 318 g/mol. The number of H-pyrrole nitrogens is 1. The van der Waals surface area contributed by atoms with E-state index in [2.05, 4.69) is 20.5 Å². The summed E-state index contributed by atoms with van der Waals surface area (Å²) in [5.74, 6) is -0.114. The van der Waals surface area contributed by atoms with E-state index in [0.717, 1.165) is 0 Å². The van der Waals surface area contributed by atoms with Crippen LogP contribution in [0.1, 0.15) is 48.9 Å². The van der Waals surface area contributed by atoms with Gasteiger partial charge in [-0.3, -0.25) is 9.48 Å². The van der Waals surface area contributed by atoms with Gasteiger partial charge in [-0.2, -0.15) is 20.5 Å². The monoisotopic (exact) mass is 318 g/mol. The number of aliphatic hydroxyl groups is 1. The number of carbonyl (C=O) groups is 1. The lowest BCUT2D eigenvalue weighted by atomic mass is 10.00. The van der Waals surface area contributed by atoms with E-state index in [1.54, 1.807) is 15.8 Å². The number of aromatic nitrogens is 5. The molecule has 8 nitrogen and oxygen atoms in total. The molecule has 0 aliphatic carbocycles. The van der Waals surface area contributed by atoms with Gasteiger partial charge < -0.3 is 10.0 Å².